The first-order valence-electron chi connectivity index (χ1n) is 8.55. The number of nitrogens with one attached hydrogen (secondary N) is 1. The SMILES string of the molecule is Cc1ccc2ncc(CNC(CCO)C3CCCCC3)n2c1. The number of hydrogen-bond donors (Lipinski definition) is 2. The van der Waals surface area contributed by atoms with Crippen LogP contribution in [0.5, 0.6) is 0 Å². The number of aliphatic hydroxyl groups excluding tert-OH is 1. The highest BCUT2D eigenvalue weighted by Gasteiger charge is 2.23. The molecule has 1 unspecified atom stereocenters. The fourth-order valence-corrected chi connectivity index (χ4v) is 3.68. The predicted molar refractivity (Wildman–Crippen MR) is 88.8 cm³/mol. The normalized spacial score (nSPS) is 17.9. The van der Waals surface area contributed by atoms with E-state index in [0.29, 0.717) is 12.0 Å². The molecule has 2 aromatic heterocycles. The number of aliphatic hydroxyl groups is 1. The summed E-state index contributed by atoms with van der Waals surface area (Å²) in [6, 6.07) is 4.57. The Morgan fingerprint density at radius 1 is 1.32 bits per heavy atom. The van der Waals surface area contributed by atoms with Gasteiger partial charge in [0.05, 0.1) is 11.9 Å². The Bertz CT molecular complexity index is 601. The molecule has 1 saturated carbocycles. The molecule has 1 fully saturated rings. The highest BCUT2D eigenvalue weighted by molar-refractivity contribution is 5.41. The number of aryl methyl sites for hydroxylation is 1. The Kier molecular flexibility index (Phi) is 5.11. The van der Waals surface area contributed by atoms with Crippen molar-refractivity contribution in [2.24, 2.45) is 5.92 Å². The molecular formula is C18H27N3O. The van der Waals surface area contributed by atoms with Gasteiger partial charge in [0.25, 0.3) is 0 Å². The number of fused-ring (bicyclic) bond motifs is 1. The van der Waals surface area contributed by atoms with Gasteiger partial charge in [-0.3, -0.25) is 0 Å². The van der Waals surface area contributed by atoms with E-state index in [4.69, 9.17) is 0 Å². The summed E-state index contributed by atoms with van der Waals surface area (Å²) in [6.07, 6.45) is 11.6. The van der Waals surface area contributed by atoms with Crippen LogP contribution in [-0.4, -0.2) is 27.1 Å². The van der Waals surface area contributed by atoms with Crippen molar-refractivity contribution in [3.05, 3.63) is 35.8 Å². The van der Waals surface area contributed by atoms with Crippen molar-refractivity contribution in [2.45, 2.75) is 58.0 Å². The van der Waals surface area contributed by atoms with Crippen molar-refractivity contribution in [3.8, 4) is 0 Å². The van der Waals surface area contributed by atoms with Gasteiger partial charge in [0.15, 0.2) is 0 Å². The van der Waals surface area contributed by atoms with E-state index in [1.165, 1.54) is 43.4 Å². The predicted octanol–water partition coefficient (Wildman–Crippen LogP) is 3.06. The molecular weight excluding hydrogens is 274 g/mol. The first-order chi connectivity index (χ1) is 10.8. The van der Waals surface area contributed by atoms with E-state index < -0.39 is 0 Å². The third-order valence-corrected chi connectivity index (χ3v) is 4.93. The lowest BCUT2D eigenvalue weighted by Crippen LogP contribution is -2.37. The van der Waals surface area contributed by atoms with Crippen molar-refractivity contribution < 1.29 is 5.11 Å². The molecule has 22 heavy (non-hydrogen) atoms. The summed E-state index contributed by atoms with van der Waals surface area (Å²) in [7, 11) is 0. The lowest BCUT2D eigenvalue weighted by atomic mass is 9.82. The van der Waals surface area contributed by atoms with Crippen LogP contribution in [0.3, 0.4) is 0 Å². The Balaban J connectivity index is 1.68. The summed E-state index contributed by atoms with van der Waals surface area (Å²) in [4.78, 5) is 4.47. The van der Waals surface area contributed by atoms with Gasteiger partial charge in [-0.25, -0.2) is 4.98 Å². The highest BCUT2D eigenvalue weighted by atomic mass is 16.3. The van der Waals surface area contributed by atoms with Crippen LogP contribution in [0.4, 0.5) is 0 Å². The van der Waals surface area contributed by atoms with Crippen molar-refractivity contribution in [2.75, 3.05) is 6.61 Å². The number of nitrogens with zero attached hydrogens (tertiary/aromatic N) is 2. The molecule has 2 aromatic rings. The van der Waals surface area contributed by atoms with Crippen LogP contribution in [0, 0.1) is 12.8 Å². The van der Waals surface area contributed by atoms with Crippen molar-refractivity contribution in [3.63, 3.8) is 0 Å². The largest absolute Gasteiger partial charge is 0.396 e. The van der Waals surface area contributed by atoms with Crippen LogP contribution in [0.1, 0.15) is 49.8 Å². The Morgan fingerprint density at radius 2 is 2.14 bits per heavy atom. The van der Waals surface area contributed by atoms with Crippen molar-refractivity contribution in [1.29, 1.82) is 0 Å². The second-order valence-corrected chi connectivity index (χ2v) is 6.58. The number of rotatable bonds is 6. The fraction of sp³-hybridized carbons (Fsp3) is 0.611. The fourth-order valence-electron chi connectivity index (χ4n) is 3.68. The van der Waals surface area contributed by atoms with Crippen LogP contribution in [0.2, 0.25) is 0 Å². The van der Waals surface area contributed by atoms with Gasteiger partial charge in [-0.1, -0.05) is 25.3 Å². The minimum Gasteiger partial charge on any atom is -0.396 e. The smallest absolute Gasteiger partial charge is 0.136 e. The Labute approximate surface area is 132 Å². The number of pyridine rings is 1. The van der Waals surface area contributed by atoms with E-state index in [9.17, 15) is 5.11 Å². The molecule has 0 bridgehead atoms. The Morgan fingerprint density at radius 3 is 2.91 bits per heavy atom. The van der Waals surface area contributed by atoms with E-state index in [1.807, 2.05) is 6.20 Å². The van der Waals surface area contributed by atoms with Gasteiger partial charge in [0, 0.05) is 25.4 Å². The summed E-state index contributed by atoms with van der Waals surface area (Å²) in [5, 5.41) is 13.1. The molecule has 0 amide bonds. The zero-order valence-electron chi connectivity index (χ0n) is 13.5. The quantitative estimate of drug-likeness (QED) is 0.862. The molecule has 2 N–H and O–H groups in total. The first-order valence-corrected chi connectivity index (χ1v) is 8.55. The second kappa shape index (κ2) is 7.25. The van der Waals surface area contributed by atoms with Crippen LogP contribution in [-0.2, 0) is 6.54 Å². The standard InChI is InChI=1S/C18H27N3O/c1-14-7-8-18-20-12-16(21(18)13-14)11-19-17(9-10-22)15-5-3-2-4-6-15/h7-8,12-13,15,17,19,22H,2-6,9-11H2,1H3. The zero-order valence-corrected chi connectivity index (χ0v) is 13.5. The molecule has 1 aliphatic rings. The van der Waals surface area contributed by atoms with Gasteiger partial charge in [-0.2, -0.15) is 0 Å². The minimum atomic E-state index is 0.264. The van der Waals surface area contributed by atoms with E-state index in [2.05, 4.69) is 40.0 Å². The molecule has 1 atom stereocenters. The molecule has 1 aliphatic carbocycles. The van der Waals surface area contributed by atoms with E-state index >= 15 is 0 Å². The lowest BCUT2D eigenvalue weighted by molar-refractivity contribution is 0.205. The van der Waals surface area contributed by atoms with Crippen LogP contribution in [0.15, 0.2) is 24.5 Å². The first kappa shape index (κ1) is 15.5. The highest BCUT2D eigenvalue weighted by Crippen LogP contribution is 2.28. The molecule has 0 aliphatic heterocycles. The molecule has 0 aromatic carbocycles. The molecule has 4 heteroatoms. The van der Waals surface area contributed by atoms with E-state index in [-0.39, 0.29) is 6.61 Å². The third-order valence-electron chi connectivity index (χ3n) is 4.93. The molecule has 2 heterocycles. The third kappa shape index (κ3) is 3.50. The van der Waals surface area contributed by atoms with E-state index in [0.717, 1.165) is 18.6 Å². The van der Waals surface area contributed by atoms with Gasteiger partial charge in [-0.05, 0) is 43.7 Å². The average molecular weight is 301 g/mol. The maximum Gasteiger partial charge on any atom is 0.136 e. The number of imidazole rings is 1. The number of aromatic nitrogens is 2. The minimum absolute atomic E-state index is 0.264. The molecule has 0 saturated heterocycles. The molecule has 120 valence electrons. The average Bonchev–Trinajstić information content (AvgIpc) is 2.94. The van der Waals surface area contributed by atoms with Crippen molar-refractivity contribution >= 4 is 5.65 Å². The van der Waals surface area contributed by atoms with Gasteiger partial charge >= 0.3 is 0 Å². The molecule has 3 rings (SSSR count). The maximum absolute atomic E-state index is 9.38. The molecule has 0 spiro atoms. The summed E-state index contributed by atoms with van der Waals surface area (Å²) < 4.78 is 2.17. The van der Waals surface area contributed by atoms with Crippen LogP contribution >= 0.6 is 0 Å². The lowest BCUT2D eigenvalue weighted by Gasteiger charge is -2.30. The monoisotopic (exact) mass is 301 g/mol. The zero-order chi connectivity index (χ0) is 15.4. The topological polar surface area (TPSA) is 49.6 Å². The van der Waals surface area contributed by atoms with Gasteiger partial charge in [0.1, 0.15) is 5.65 Å². The summed E-state index contributed by atoms with van der Waals surface area (Å²) in [5.74, 6) is 0.710. The van der Waals surface area contributed by atoms with Gasteiger partial charge < -0.3 is 14.8 Å². The van der Waals surface area contributed by atoms with E-state index in [1.54, 1.807) is 0 Å². The summed E-state index contributed by atoms with van der Waals surface area (Å²) in [6.45, 7) is 3.18. The van der Waals surface area contributed by atoms with Crippen molar-refractivity contribution in [1.82, 2.24) is 14.7 Å². The molecule has 4 nitrogen and oxygen atoms in total. The second-order valence-electron chi connectivity index (χ2n) is 6.58. The van der Waals surface area contributed by atoms with Gasteiger partial charge in [0.2, 0.25) is 0 Å². The molecule has 0 radical (unpaired) electrons. The van der Waals surface area contributed by atoms with Crippen LogP contribution < -0.4 is 5.32 Å². The van der Waals surface area contributed by atoms with Crippen LogP contribution in [0.25, 0.3) is 5.65 Å². The number of hydrogen-bond acceptors (Lipinski definition) is 3. The maximum atomic E-state index is 9.38. The Hall–Kier alpha value is -1.39. The van der Waals surface area contributed by atoms with Gasteiger partial charge in [-0.15, -0.1) is 0 Å². The summed E-state index contributed by atoms with van der Waals surface area (Å²) in [5.41, 5.74) is 3.43. The summed E-state index contributed by atoms with van der Waals surface area (Å²) >= 11 is 0.